The van der Waals surface area contributed by atoms with Gasteiger partial charge in [-0.3, -0.25) is 14.6 Å². The molecule has 3 rings (SSSR count). The zero-order valence-corrected chi connectivity index (χ0v) is 12.1. The van der Waals surface area contributed by atoms with Crippen LogP contribution in [0.2, 0.25) is 0 Å². The molecule has 0 aromatic heterocycles. The predicted molar refractivity (Wildman–Crippen MR) is 74.6 cm³/mol. The van der Waals surface area contributed by atoms with Crippen LogP contribution in [0.25, 0.3) is 0 Å². The topological polar surface area (TPSA) is 54.0 Å². The van der Waals surface area contributed by atoms with Gasteiger partial charge in [0.05, 0.1) is 45.1 Å². The Balaban J connectivity index is 1.48. The number of nitrogens with zero attached hydrogens (tertiary/aromatic N) is 2. The van der Waals surface area contributed by atoms with Crippen molar-refractivity contribution >= 4 is 5.91 Å². The second-order valence-corrected chi connectivity index (χ2v) is 5.91. The Morgan fingerprint density at radius 3 is 2.55 bits per heavy atom. The van der Waals surface area contributed by atoms with Crippen LogP contribution in [0, 0.1) is 0 Å². The molecule has 114 valence electrons. The molecular formula is C14H25N3O3. The minimum atomic E-state index is 0.128. The van der Waals surface area contributed by atoms with Gasteiger partial charge in [-0.15, -0.1) is 0 Å². The van der Waals surface area contributed by atoms with Crippen LogP contribution in [0.1, 0.15) is 12.8 Å². The van der Waals surface area contributed by atoms with Crippen LogP contribution in [0.15, 0.2) is 0 Å². The molecular weight excluding hydrogens is 258 g/mol. The number of likely N-dealkylation sites (tertiary alicyclic amines) is 1. The number of nitrogens with one attached hydrogen (secondary N) is 1. The van der Waals surface area contributed by atoms with E-state index in [0.717, 1.165) is 39.4 Å². The molecule has 6 heteroatoms. The van der Waals surface area contributed by atoms with Crippen molar-refractivity contribution in [2.45, 2.75) is 24.9 Å². The smallest absolute Gasteiger partial charge is 0.234 e. The predicted octanol–water partition coefficient (Wildman–Crippen LogP) is -0.702. The molecule has 0 aromatic carbocycles. The third-order valence-corrected chi connectivity index (χ3v) is 4.48. The summed E-state index contributed by atoms with van der Waals surface area (Å²) in [5.74, 6) is 0.139. The Kier molecular flexibility index (Phi) is 4.88. The van der Waals surface area contributed by atoms with Gasteiger partial charge in [0.2, 0.25) is 5.91 Å². The zero-order chi connectivity index (χ0) is 13.8. The van der Waals surface area contributed by atoms with Gasteiger partial charge < -0.3 is 14.8 Å². The summed E-state index contributed by atoms with van der Waals surface area (Å²) in [6.45, 7) is 7.44. The molecule has 6 nitrogen and oxygen atoms in total. The van der Waals surface area contributed by atoms with E-state index in [1.165, 1.54) is 12.8 Å². The molecule has 20 heavy (non-hydrogen) atoms. The van der Waals surface area contributed by atoms with Crippen LogP contribution in [0.3, 0.4) is 0 Å². The van der Waals surface area contributed by atoms with Crippen LogP contribution in [-0.4, -0.2) is 86.9 Å². The van der Waals surface area contributed by atoms with Crippen LogP contribution in [0.4, 0.5) is 0 Å². The maximum atomic E-state index is 12.1. The standard InChI is InChI=1S/C14H25N3O3/c18-14(9-16-3-1-2-4-16)15-12-10-20-11-13(12)17-5-7-19-8-6-17/h12-13H,1-11H2,(H,15,18)/t12-,13-/m0/s1. The van der Waals surface area contributed by atoms with E-state index < -0.39 is 0 Å². The zero-order valence-electron chi connectivity index (χ0n) is 12.1. The van der Waals surface area contributed by atoms with Gasteiger partial charge in [-0.2, -0.15) is 0 Å². The lowest BCUT2D eigenvalue weighted by Crippen LogP contribution is -2.55. The molecule has 0 saturated carbocycles. The van der Waals surface area contributed by atoms with Crippen molar-refractivity contribution in [3.05, 3.63) is 0 Å². The van der Waals surface area contributed by atoms with Crippen molar-refractivity contribution in [1.82, 2.24) is 15.1 Å². The largest absolute Gasteiger partial charge is 0.379 e. The molecule has 0 spiro atoms. The van der Waals surface area contributed by atoms with Crippen molar-refractivity contribution in [1.29, 1.82) is 0 Å². The molecule has 3 aliphatic rings. The van der Waals surface area contributed by atoms with Gasteiger partial charge in [-0.25, -0.2) is 0 Å². The number of hydrogen-bond acceptors (Lipinski definition) is 5. The van der Waals surface area contributed by atoms with E-state index in [0.29, 0.717) is 25.8 Å². The van der Waals surface area contributed by atoms with Crippen LogP contribution >= 0.6 is 0 Å². The van der Waals surface area contributed by atoms with Gasteiger partial charge in [-0.05, 0) is 25.9 Å². The fourth-order valence-electron chi connectivity index (χ4n) is 3.35. The minimum absolute atomic E-state index is 0.128. The van der Waals surface area contributed by atoms with Gasteiger partial charge in [-0.1, -0.05) is 0 Å². The molecule has 0 bridgehead atoms. The lowest BCUT2D eigenvalue weighted by Gasteiger charge is -2.34. The van der Waals surface area contributed by atoms with Crippen LogP contribution in [0.5, 0.6) is 0 Å². The van der Waals surface area contributed by atoms with Crippen LogP contribution < -0.4 is 5.32 Å². The lowest BCUT2D eigenvalue weighted by molar-refractivity contribution is -0.123. The molecule has 1 amide bonds. The van der Waals surface area contributed by atoms with Gasteiger partial charge in [0.25, 0.3) is 0 Å². The highest BCUT2D eigenvalue weighted by molar-refractivity contribution is 5.78. The number of ether oxygens (including phenoxy) is 2. The summed E-state index contributed by atoms with van der Waals surface area (Å²) in [4.78, 5) is 16.7. The summed E-state index contributed by atoms with van der Waals surface area (Å²) in [5.41, 5.74) is 0. The second kappa shape index (κ2) is 6.85. The number of rotatable bonds is 4. The van der Waals surface area contributed by atoms with Crippen LogP contribution in [-0.2, 0) is 14.3 Å². The number of carbonyl (C=O) groups excluding carboxylic acids is 1. The quantitative estimate of drug-likeness (QED) is 0.739. The summed E-state index contributed by atoms with van der Waals surface area (Å²) < 4.78 is 11.0. The molecule has 1 N–H and O–H groups in total. The first kappa shape index (κ1) is 14.3. The average Bonchev–Trinajstić information content (AvgIpc) is 3.11. The van der Waals surface area contributed by atoms with Crippen molar-refractivity contribution in [2.75, 3.05) is 59.2 Å². The minimum Gasteiger partial charge on any atom is -0.379 e. The van der Waals surface area contributed by atoms with Gasteiger partial charge in [0.15, 0.2) is 0 Å². The third kappa shape index (κ3) is 3.49. The summed E-state index contributed by atoms with van der Waals surface area (Å²) in [6, 6.07) is 0.435. The number of carbonyl (C=O) groups is 1. The Morgan fingerprint density at radius 2 is 1.80 bits per heavy atom. The highest BCUT2D eigenvalue weighted by Gasteiger charge is 2.35. The van der Waals surface area contributed by atoms with E-state index in [-0.39, 0.29) is 11.9 Å². The lowest BCUT2D eigenvalue weighted by atomic mass is 10.1. The Morgan fingerprint density at radius 1 is 1.05 bits per heavy atom. The van der Waals surface area contributed by atoms with E-state index in [4.69, 9.17) is 9.47 Å². The number of amides is 1. The molecule has 0 aromatic rings. The van der Waals surface area contributed by atoms with E-state index in [1.54, 1.807) is 0 Å². The Labute approximate surface area is 120 Å². The second-order valence-electron chi connectivity index (χ2n) is 5.91. The normalized spacial score (nSPS) is 32.6. The number of morpholine rings is 1. The monoisotopic (exact) mass is 283 g/mol. The van der Waals surface area contributed by atoms with Gasteiger partial charge in [0.1, 0.15) is 0 Å². The molecule has 0 radical (unpaired) electrons. The van der Waals surface area contributed by atoms with E-state index >= 15 is 0 Å². The van der Waals surface area contributed by atoms with Crippen molar-refractivity contribution in [3.63, 3.8) is 0 Å². The summed E-state index contributed by atoms with van der Waals surface area (Å²) in [7, 11) is 0. The Hall–Kier alpha value is -0.690. The molecule has 0 unspecified atom stereocenters. The fourth-order valence-corrected chi connectivity index (χ4v) is 3.35. The van der Waals surface area contributed by atoms with E-state index in [9.17, 15) is 4.79 Å². The maximum absolute atomic E-state index is 12.1. The molecule has 3 aliphatic heterocycles. The van der Waals surface area contributed by atoms with E-state index in [1.807, 2.05) is 0 Å². The van der Waals surface area contributed by atoms with Gasteiger partial charge >= 0.3 is 0 Å². The SMILES string of the molecule is O=C(CN1CCCC1)N[C@H]1COC[C@@H]1N1CCOCC1. The first-order valence-corrected chi connectivity index (χ1v) is 7.74. The highest BCUT2D eigenvalue weighted by Crippen LogP contribution is 2.15. The molecule has 0 aliphatic carbocycles. The molecule has 2 atom stereocenters. The fraction of sp³-hybridized carbons (Fsp3) is 0.929. The van der Waals surface area contributed by atoms with Crippen molar-refractivity contribution in [2.24, 2.45) is 0 Å². The van der Waals surface area contributed by atoms with Gasteiger partial charge in [0, 0.05) is 13.1 Å². The Bertz CT molecular complexity index is 328. The highest BCUT2D eigenvalue weighted by atomic mass is 16.5. The number of hydrogen-bond donors (Lipinski definition) is 1. The first-order chi connectivity index (χ1) is 9.83. The summed E-state index contributed by atoms with van der Waals surface area (Å²) in [5, 5.41) is 3.17. The van der Waals surface area contributed by atoms with E-state index in [2.05, 4.69) is 15.1 Å². The molecule has 3 fully saturated rings. The third-order valence-electron chi connectivity index (χ3n) is 4.48. The summed E-state index contributed by atoms with van der Waals surface area (Å²) in [6.07, 6.45) is 2.44. The average molecular weight is 283 g/mol. The maximum Gasteiger partial charge on any atom is 0.234 e. The molecule has 3 saturated heterocycles. The summed E-state index contributed by atoms with van der Waals surface area (Å²) >= 11 is 0. The van der Waals surface area contributed by atoms with Crippen molar-refractivity contribution in [3.8, 4) is 0 Å². The van der Waals surface area contributed by atoms with Crippen molar-refractivity contribution < 1.29 is 14.3 Å². The molecule has 3 heterocycles. The first-order valence-electron chi connectivity index (χ1n) is 7.74.